The summed E-state index contributed by atoms with van der Waals surface area (Å²) in [5.41, 5.74) is 1.11. The number of aromatic nitrogens is 1. The molecule has 2 heterocycles. The summed E-state index contributed by atoms with van der Waals surface area (Å²) in [6.07, 6.45) is 0.983. The lowest BCUT2D eigenvalue weighted by Crippen LogP contribution is -2.46. The van der Waals surface area contributed by atoms with Crippen molar-refractivity contribution in [3.05, 3.63) is 23.4 Å². The Morgan fingerprint density at radius 3 is 2.58 bits per heavy atom. The molecule has 0 amide bonds. The van der Waals surface area contributed by atoms with Crippen LogP contribution in [0.2, 0.25) is 0 Å². The van der Waals surface area contributed by atoms with Crippen molar-refractivity contribution in [2.45, 2.75) is 39.4 Å². The number of pyridine rings is 1. The molecule has 0 unspecified atom stereocenters. The number of morpholine rings is 1. The van der Waals surface area contributed by atoms with Gasteiger partial charge in [-0.1, -0.05) is 6.92 Å². The van der Waals surface area contributed by atoms with Gasteiger partial charge in [0, 0.05) is 18.8 Å². The normalized spacial score (nSPS) is 23.4. The lowest BCUT2D eigenvalue weighted by atomic mass is 10.1. The van der Waals surface area contributed by atoms with E-state index in [-0.39, 0.29) is 12.2 Å². The maximum absolute atomic E-state index is 11.2. The maximum atomic E-state index is 11.2. The number of aryl methyl sites for hydroxylation is 1. The number of hydrogen-bond acceptors (Lipinski definition) is 4. The molecule has 1 aliphatic heterocycles. The number of rotatable bonds is 3. The molecule has 0 spiro atoms. The van der Waals surface area contributed by atoms with Gasteiger partial charge in [0.1, 0.15) is 5.82 Å². The SMILES string of the molecule is CCc1cc(C(=O)O)cc(N2C[C@@H](C)O[C@@H](C)C2)n1. The first-order valence-electron chi connectivity index (χ1n) is 6.64. The summed E-state index contributed by atoms with van der Waals surface area (Å²) < 4.78 is 5.69. The third kappa shape index (κ3) is 3.23. The van der Waals surface area contributed by atoms with Crippen LogP contribution in [0.5, 0.6) is 0 Å². The Labute approximate surface area is 113 Å². The minimum Gasteiger partial charge on any atom is -0.478 e. The number of ether oxygens (including phenoxy) is 1. The predicted octanol–water partition coefficient (Wildman–Crippen LogP) is 1.96. The van der Waals surface area contributed by atoms with Crippen molar-refractivity contribution in [1.29, 1.82) is 0 Å². The molecule has 0 aromatic carbocycles. The summed E-state index contributed by atoms with van der Waals surface area (Å²) in [6.45, 7) is 7.49. The Bertz CT molecular complexity index is 466. The third-order valence-electron chi connectivity index (χ3n) is 3.22. The van der Waals surface area contributed by atoms with Crippen LogP contribution in [-0.4, -0.2) is 41.4 Å². The molecule has 104 valence electrons. The average molecular weight is 264 g/mol. The highest BCUT2D eigenvalue weighted by Gasteiger charge is 2.24. The van der Waals surface area contributed by atoms with E-state index in [9.17, 15) is 4.79 Å². The summed E-state index contributed by atoms with van der Waals surface area (Å²) in [5.74, 6) is -0.175. The number of carbonyl (C=O) groups is 1. The van der Waals surface area contributed by atoms with Gasteiger partial charge >= 0.3 is 5.97 Å². The van der Waals surface area contributed by atoms with Gasteiger partial charge in [-0.15, -0.1) is 0 Å². The van der Waals surface area contributed by atoms with Crippen molar-refractivity contribution in [3.63, 3.8) is 0 Å². The van der Waals surface area contributed by atoms with Crippen LogP contribution in [0.15, 0.2) is 12.1 Å². The molecule has 1 aliphatic rings. The van der Waals surface area contributed by atoms with E-state index in [1.807, 2.05) is 20.8 Å². The Hall–Kier alpha value is -1.62. The van der Waals surface area contributed by atoms with Crippen LogP contribution >= 0.6 is 0 Å². The minimum atomic E-state index is -0.910. The number of anilines is 1. The average Bonchev–Trinajstić information content (AvgIpc) is 2.37. The lowest BCUT2D eigenvalue weighted by molar-refractivity contribution is -0.00546. The van der Waals surface area contributed by atoms with E-state index >= 15 is 0 Å². The lowest BCUT2D eigenvalue weighted by Gasteiger charge is -2.36. The zero-order chi connectivity index (χ0) is 14.0. The number of nitrogens with zero attached hydrogens (tertiary/aromatic N) is 2. The van der Waals surface area contributed by atoms with Crippen LogP contribution in [0, 0.1) is 0 Å². The molecule has 1 aromatic rings. The molecule has 0 radical (unpaired) electrons. The molecule has 5 heteroatoms. The molecular weight excluding hydrogens is 244 g/mol. The molecule has 1 saturated heterocycles. The van der Waals surface area contributed by atoms with Gasteiger partial charge in [-0.05, 0) is 32.4 Å². The first kappa shape index (κ1) is 13.8. The molecule has 0 bridgehead atoms. The maximum Gasteiger partial charge on any atom is 0.335 e. The second-order valence-electron chi connectivity index (χ2n) is 5.03. The number of aromatic carboxylic acids is 1. The fourth-order valence-corrected chi connectivity index (χ4v) is 2.40. The molecule has 2 atom stereocenters. The molecule has 5 nitrogen and oxygen atoms in total. The van der Waals surface area contributed by atoms with Crippen molar-refractivity contribution < 1.29 is 14.6 Å². The zero-order valence-corrected chi connectivity index (χ0v) is 11.6. The Morgan fingerprint density at radius 2 is 2.05 bits per heavy atom. The second kappa shape index (κ2) is 5.57. The van der Waals surface area contributed by atoms with Crippen molar-refractivity contribution >= 4 is 11.8 Å². The monoisotopic (exact) mass is 264 g/mol. The quantitative estimate of drug-likeness (QED) is 0.904. The summed E-state index contributed by atoms with van der Waals surface area (Å²) in [5, 5.41) is 9.16. The van der Waals surface area contributed by atoms with E-state index in [2.05, 4.69) is 9.88 Å². The van der Waals surface area contributed by atoms with E-state index < -0.39 is 5.97 Å². The minimum absolute atomic E-state index is 0.129. The summed E-state index contributed by atoms with van der Waals surface area (Å²) >= 11 is 0. The van der Waals surface area contributed by atoms with Gasteiger partial charge in [-0.25, -0.2) is 9.78 Å². The first-order chi connectivity index (χ1) is 8.99. The van der Waals surface area contributed by atoms with Gasteiger partial charge < -0.3 is 14.7 Å². The molecule has 1 aromatic heterocycles. The smallest absolute Gasteiger partial charge is 0.335 e. The van der Waals surface area contributed by atoms with E-state index in [1.165, 1.54) is 0 Å². The summed E-state index contributed by atoms with van der Waals surface area (Å²) in [4.78, 5) is 17.8. The Balaban J connectivity index is 2.32. The van der Waals surface area contributed by atoms with Crippen molar-refractivity contribution in [3.8, 4) is 0 Å². The van der Waals surface area contributed by atoms with Crippen LogP contribution in [0.1, 0.15) is 36.8 Å². The van der Waals surface area contributed by atoms with Gasteiger partial charge in [0.2, 0.25) is 0 Å². The molecule has 2 rings (SSSR count). The number of carboxylic acids is 1. The molecule has 1 fully saturated rings. The first-order valence-corrected chi connectivity index (χ1v) is 6.64. The van der Waals surface area contributed by atoms with Gasteiger partial charge in [0.05, 0.1) is 17.8 Å². The number of hydrogen-bond donors (Lipinski definition) is 1. The predicted molar refractivity (Wildman–Crippen MR) is 72.8 cm³/mol. The highest BCUT2D eigenvalue weighted by atomic mass is 16.5. The topological polar surface area (TPSA) is 62.7 Å². The van der Waals surface area contributed by atoms with E-state index in [0.29, 0.717) is 5.56 Å². The van der Waals surface area contributed by atoms with E-state index in [1.54, 1.807) is 12.1 Å². The highest BCUT2D eigenvalue weighted by Crippen LogP contribution is 2.20. The number of carboxylic acid groups (broad SMARTS) is 1. The van der Waals surface area contributed by atoms with Crippen molar-refractivity contribution in [1.82, 2.24) is 4.98 Å². The summed E-state index contributed by atoms with van der Waals surface area (Å²) in [6, 6.07) is 3.28. The highest BCUT2D eigenvalue weighted by molar-refractivity contribution is 5.88. The fourth-order valence-electron chi connectivity index (χ4n) is 2.40. The van der Waals surface area contributed by atoms with Gasteiger partial charge in [-0.2, -0.15) is 0 Å². The van der Waals surface area contributed by atoms with E-state index in [4.69, 9.17) is 9.84 Å². The Morgan fingerprint density at radius 1 is 1.42 bits per heavy atom. The molecule has 19 heavy (non-hydrogen) atoms. The fraction of sp³-hybridized carbons (Fsp3) is 0.571. The van der Waals surface area contributed by atoms with Crippen LogP contribution in [0.3, 0.4) is 0 Å². The molecule has 0 aliphatic carbocycles. The van der Waals surface area contributed by atoms with Crippen LogP contribution in [0.25, 0.3) is 0 Å². The van der Waals surface area contributed by atoms with Crippen molar-refractivity contribution in [2.24, 2.45) is 0 Å². The van der Waals surface area contributed by atoms with Crippen LogP contribution < -0.4 is 4.90 Å². The largest absolute Gasteiger partial charge is 0.478 e. The second-order valence-corrected chi connectivity index (χ2v) is 5.03. The van der Waals surface area contributed by atoms with Gasteiger partial charge in [-0.3, -0.25) is 0 Å². The summed E-state index contributed by atoms with van der Waals surface area (Å²) in [7, 11) is 0. The van der Waals surface area contributed by atoms with Crippen LogP contribution in [-0.2, 0) is 11.2 Å². The van der Waals surface area contributed by atoms with Gasteiger partial charge in [0.25, 0.3) is 0 Å². The van der Waals surface area contributed by atoms with E-state index in [0.717, 1.165) is 31.0 Å². The standard InChI is InChI=1S/C14H20N2O3/c1-4-12-5-11(14(17)18)6-13(15-12)16-7-9(2)19-10(3)8-16/h5-6,9-10H,4,7-8H2,1-3H3,(H,17,18)/t9-,10+. The Kier molecular flexibility index (Phi) is 4.04. The van der Waals surface area contributed by atoms with Crippen LogP contribution in [0.4, 0.5) is 5.82 Å². The van der Waals surface area contributed by atoms with Gasteiger partial charge in [0.15, 0.2) is 0 Å². The third-order valence-corrected chi connectivity index (χ3v) is 3.22. The molecular formula is C14H20N2O3. The molecule has 0 saturated carbocycles. The molecule has 1 N–H and O–H groups in total. The van der Waals surface area contributed by atoms with Crippen molar-refractivity contribution in [2.75, 3.05) is 18.0 Å². The zero-order valence-electron chi connectivity index (χ0n) is 11.6.